The van der Waals surface area contributed by atoms with E-state index in [2.05, 4.69) is 10.6 Å². The molecule has 0 saturated carbocycles. The second kappa shape index (κ2) is 7.89. The summed E-state index contributed by atoms with van der Waals surface area (Å²) in [5.74, 6) is -0.221. The summed E-state index contributed by atoms with van der Waals surface area (Å²) >= 11 is 6.01. The molecular weight excluding hydrogens is 360 g/mol. The fourth-order valence-electron chi connectivity index (χ4n) is 2.54. The first-order valence-electron chi connectivity index (χ1n) is 7.84. The molecule has 0 atom stereocenters. The van der Waals surface area contributed by atoms with Crippen molar-refractivity contribution in [2.45, 2.75) is 25.2 Å². The maximum atomic E-state index is 12.2. The number of sulfone groups is 1. The van der Waals surface area contributed by atoms with Crippen molar-refractivity contribution in [1.82, 2.24) is 0 Å². The molecule has 1 amide bonds. The van der Waals surface area contributed by atoms with Crippen molar-refractivity contribution in [2.24, 2.45) is 0 Å². The summed E-state index contributed by atoms with van der Waals surface area (Å²) < 4.78 is 23.7. The number of carbonyl (C=O) groups excluding carboxylic acids is 1. The van der Waals surface area contributed by atoms with E-state index in [0.717, 1.165) is 23.9 Å². The highest BCUT2D eigenvalue weighted by molar-refractivity contribution is 7.90. The SMILES string of the molecule is CCc1ccccc1NC(=O)CNc1cc(Cl)cc(S(C)(=O)=O)c1C. The fraction of sp³-hybridized carbons (Fsp3) is 0.278. The topological polar surface area (TPSA) is 75.3 Å². The minimum Gasteiger partial charge on any atom is -0.376 e. The molecule has 0 spiro atoms. The van der Waals surface area contributed by atoms with E-state index in [1.165, 1.54) is 6.07 Å². The second-order valence-corrected chi connectivity index (χ2v) is 8.18. The van der Waals surface area contributed by atoms with E-state index in [9.17, 15) is 13.2 Å². The van der Waals surface area contributed by atoms with E-state index in [1.807, 2.05) is 31.2 Å². The van der Waals surface area contributed by atoms with Gasteiger partial charge in [-0.05, 0) is 42.7 Å². The molecule has 0 aromatic heterocycles. The lowest BCUT2D eigenvalue weighted by atomic mass is 10.1. The number of carbonyl (C=O) groups is 1. The Hall–Kier alpha value is -2.05. The first-order chi connectivity index (χ1) is 11.7. The Balaban J connectivity index is 2.14. The number of hydrogen-bond donors (Lipinski definition) is 2. The summed E-state index contributed by atoms with van der Waals surface area (Å²) in [4.78, 5) is 12.4. The van der Waals surface area contributed by atoms with Gasteiger partial charge in [0, 0.05) is 22.7 Å². The first kappa shape index (κ1) is 19.3. The van der Waals surface area contributed by atoms with Crippen LogP contribution in [0, 0.1) is 6.92 Å². The number of aryl methyl sites for hydroxylation is 1. The Kier molecular flexibility index (Phi) is 6.08. The lowest BCUT2D eigenvalue weighted by Crippen LogP contribution is -2.23. The van der Waals surface area contributed by atoms with E-state index in [1.54, 1.807) is 13.0 Å². The minimum absolute atomic E-state index is 0.00241. The van der Waals surface area contributed by atoms with Crippen LogP contribution in [0.15, 0.2) is 41.3 Å². The highest BCUT2D eigenvalue weighted by Gasteiger charge is 2.16. The number of benzene rings is 2. The summed E-state index contributed by atoms with van der Waals surface area (Å²) in [7, 11) is -3.40. The fourth-order valence-corrected chi connectivity index (χ4v) is 3.83. The largest absolute Gasteiger partial charge is 0.376 e. The molecule has 2 rings (SSSR count). The van der Waals surface area contributed by atoms with Crippen LogP contribution in [-0.2, 0) is 21.1 Å². The predicted molar refractivity (Wildman–Crippen MR) is 102 cm³/mol. The zero-order valence-electron chi connectivity index (χ0n) is 14.4. The quantitative estimate of drug-likeness (QED) is 0.801. The third-order valence-corrected chi connectivity index (χ3v) is 5.28. The van der Waals surface area contributed by atoms with Gasteiger partial charge in [-0.3, -0.25) is 4.79 Å². The normalized spacial score (nSPS) is 11.2. The lowest BCUT2D eigenvalue weighted by Gasteiger charge is -2.14. The highest BCUT2D eigenvalue weighted by atomic mass is 35.5. The molecule has 0 saturated heterocycles. The zero-order valence-corrected chi connectivity index (χ0v) is 16.0. The van der Waals surface area contributed by atoms with E-state index < -0.39 is 9.84 Å². The van der Waals surface area contributed by atoms with Crippen LogP contribution < -0.4 is 10.6 Å². The molecule has 2 aromatic rings. The molecule has 0 fully saturated rings. The average Bonchev–Trinajstić information content (AvgIpc) is 2.54. The smallest absolute Gasteiger partial charge is 0.243 e. The number of amides is 1. The Morgan fingerprint density at radius 3 is 2.48 bits per heavy atom. The van der Waals surface area contributed by atoms with Crippen LogP contribution in [-0.4, -0.2) is 27.1 Å². The van der Waals surface area contributed by atoms with Crippen LogP contribution in [0.5, 0.6) is 0 Å². The summed E-state index contributed by atoms with van der Waals surface area (Å²) in [5, 5.41) is 6.12. The van der Waals surface area contributed by atoms with E-state index in [4.69, 9.17) is 11.6 Å². The molecular formula is C18H21ClN2O3S. The van der Waals surface area contributed by atoms with Crippen LogP contribution in [0.3, 0.4) is 0 Å². The van der Waals surface area contributed by atoms with Crippen molar-refractivity contribution < 1.29 is 13.2 Å². The van der Waals surface area contributed by atoms with Crippen molar-refractivity contribution >= 4 is 38.7 Å². The number of anilines is 2. The van der Waals surface area contributed by atoms with Crippen LogP contribution in [0.2, 0.25) is 5.02 Å². The molecule has 25 heavy (non-hydrogen) atoms. The Bertz CT molecular complexity index is 895. The maximum absolute atomic E-state index is 12.2. The van der Waals surface area contributed by atoms with Gasteiger partial charge in [0.2, 0.25) is 5.91 Å². The molecule has 0 radical (unpaired) electrons. The molecule has 7 heteroatoms. The highest BCUT2D eigenvalue weighted by Crippen LogP contribution is 2.28. The summed E-state index contributed by atoms with van der Waals surface area (Å²) in [5.41, 5.74) is 2.88. The van der Waals surface area contributed by atoms with Crippen molar-refractivity contribution in [2.75, 3.05) is 23.4 Å². The van der Waals surface area contributed by atoms with Crippen LogP contribution in [0.4, 0.5) is 11.4 Å². The van der Waals surface area contributed by atoms with E-state index in [0.29, 0.717) is 16.3 Å². The maximum Gasteiger partial charge on any atom is 0.243 e. The number of halogens is 1. The van der Waals surface area contributed by atoms with Gasteiger partial charge in [-0.2, -0.15) is 0 Å². The summed E-state index contributed by atoms with van der Waals surface area (Å²) in [6, 6.07) is 10.6. The molecule has 0 heterocycles. The van der Waals surface area contributed by atoms with Gasteiger partial charge in [-0.15, -0.1) is 0 Å². The Morgan fingerprint density at radius 1 is 1.16 bits per heavy atom. The van der Waals surface area contributed by atoms with Gasteiger partial charge in [0.05, 0.1) is 11.4 Å². The van der Waals surface area contributed by atoms with Crippen LogP contribution in [0.25, 0.3) is 0 Å². The number of para-hydroxylation sites is 1. The van der Waals surface area contributed by atoms with Crippen molar-refractivity contribution in [1.29, 1.82) is 0 Å². The van der Waals surface area contributed by atoms with Gasteiger partial charge < -0.3 is 10.6 Å². The van der Waals surface area contributed by atoms with Gasteiger partial charge in [-0.1, -0.05) is 36.7 Å². The average molecular weight is 381 g/mol. The molecule has 0 aliphatic rings. The third-order valence-electron chi connectivity index (χ3n) is 3.84. The third kappa shape index (κ3) is 4.96. The molecule has 0 bridgehead atoms. The molecule has 0 unspecified atom stereocenters. The van der Waals surface area contributed by atoms with Crippen molar-refractivity contribution in [3.05, 3.63) is 52.5 Å². The Morgan fingerprint density at radius 2 is 1.84 bits per heavy atom. The molecule has 2 N–H and O–H groups in total. The number of nitrogens with one attached hydrogen (secondary N) is 2. The van der Waals surface area contributed by atoms with Gasteiger partial charge in [0.25, 0.3) is 0 Å². The Labute approximate surface area is 153 Å². The molecule has 0 aliphatic carbocycles. The number of hydrogen-bond acceptors (Lipinski definition) is 4. The molecule has 2 aromatic carbocycles. The molecule has 134 valence electrons. The minimum atomic E-state index is -3.40. The van der Waals surface area contributed by atoms with E-state index in [-0.39, 0.29) is 17.3 Å². The van der Waals surface area contributed by atoms with Gasteiger partial charge in [-0.25, -0.2) is 8.42 Å². The second-order valence-electron chi connectivity index (χ2n) is 5.76. The number of rotatable bonds is 6. The van der Waals surface area contributed by atoms with Crippen molar-refractivity contribution in [3.8, 4) is 0 Å². The predicted octanol–water partition coefficient (Wildman–Crippen LogP) is 3.66. The van der Waals surface area contributed by atoms with Gasteiger partial charge in [0.15, 0.2) is 9.84 Å². The molecule has 0 aliphatic heterocycles. The standard InChI is InChI=1S/C18H21ClN2O3S/c1-4-13-7-5-6-8-15(13)21-18(22)11-20-16-9-14(19)10-17(12(16)2)25(3,23)24/h5-10,20H,4,11H2,1-3H3,(H,21,22). The van der Waals surface area contributed by atoms with Crippen molar-refractivity contribution in [3.63, 3.8) is 0 Å². The zero-order chi connectivity index (χ0) is 18.6. The van der Waals surface area contributed by atoms with Crippen LogP contribution >= 0.6 is 11.6 Å². The monoisotopic (exact) mass is 380 g/mol. The summed E-state index contributed by atoms with van der Waals surface area (Å²) in [6.07, 6.45) is 1.94. The van der Waals surface area contributed by atoms with Crippen LogP contribution in [0.1, 0.15) is 18.1 Å². The van der Waals surface area contributed by atoms with Gasteiger partial charge >= 0.3 is 0 Å². The lowest BCUT2D eigenvalue weighted by molar-refractivity contribution is -0.114. The van der Waals surface area contributed by atoms with Gasteiger partial charge in [0.1, 0.15) is 0 Å². The first-order valence-corrected chi connectivity index (χ1v) is 10.1. The van der Waals surface area contributed by atoms with E-state index >= 15 is 0 Å². The molecule has 5 nitrogen and oxygen atoms in total. The summed E-state index contributed by atoms with van der Waals surface area (Å²) in [6.45, 7) is 3.70.